The lowest BCUT2D eigenvalue weighted by atomic mass is 9.83. The molecule has 2 heteroatoms. The first kappa shape index (κ1) is 21.9. The third-order valence-corrected chi connectivity index (χ3v) is 4.65. The molecular formula is C23H38O2. The van der Waals surface area contributed by atoms with Gasteiger partial charge in [-0.15, -0.1) is 0 Å². The predicted molar refractivity (Wildman–Crippen MR) is 109 cm³/mol. The standard InChI is InChI=1S/C23H38O2/c1-5-6-7-8-9-10-11-12-13-14-15-16-17-18-21-19-20-23(2,3)22(24-4)25-21/h6-7,9-10,12-13,15-16,21-22H,5,8,11,14,17-20H2,1-4H3/b7-6-,10-9-,13-12-,16-15-. The van der Waals surface area contributed by atoms with E-state index in [-0.39, 0.29) is 11.7 Å². The second-order valence-electron chi connectivity index (χ2n) is 7.43. The lowest BCUT2D eigenvalue weighted by molar-refractivity contribution is -0.237. The van der Waals surface area contributed by atoms with Crippen LogP contribution in [0.3, 0.4) is 0 Å². The molecule has 2 unspecified atom stereocenters. The van der Waals surface area contributed by atoms with Gasteiger partial charge in [-0.2, -0.15) is 0 Å². The quantitative estimate of drug-likeness (QED) is 0.385. The summed E-state index contributed by atoms with van der Waals surface area (Å²) >= 11 is 0. The number of ether oxygens (including phenoxy) is 2. The number of hydrogen-bond acceptors (Lipinski definition) is 2. The Bertz CT molecular complexity index is 443. The predicted octanol–water partition coefficient (Wildman–Crippen LogP) is 6.75. The highest BCUT2D eigenvalue weighted by molar-refractivity contribution is 4.99. The molecule has 1 rings (SSSR count). The Hall–Kier alpha value is -1.12. The van der Waals surface area contributed by atoms with Crippen molar-refractivity contribution in [2.45, 2.75) is 84.5 Å². The van der Waals surface area contributed by atoms with Crippen LogP contribution in [-0.2, 0) is 9.47 Å². The topological polar surface area (TPSA) is 18.5 Å². The van der Waals surface area contributed by atoms with Crippen LogP contribution in [-0.4, -0.2) is 19.5 Å². The first-order valence-corrected chi connectivity index (χ1v) is 9.88. The summed E-state index contributed by atoms with van der Waals surface area (Å²) in [4.78, 5) is 0. The summed E-state index contributed by atoms with van der Waals surface area (Å²) in [5.74, 6) is 0. The van der Waals surface area contributed by atoms with E-state index in [0.29, 0.717) is 6.10 Å². The molecule has 0 aromatic heterocycles. The molecular weight excluding hydrogens is 308 g/mol. The van der Waals surface area contributed by atoms with Crippen molar-refractivity contribution in [2.75, 3.05) is 7.11 Å². The summed E-state index contributed by atoms with van der Waals surface area (Å²) in [6.07, 6.45) is 26.9. The average Bonchev–Trinajstić information content (AvgIpc) is 2.60. The molecule has 25 heavy (non-hydrogen) atoms. The molecule has 0 saturated carbocycles. The maximum absolute atomic E-state index is 6.08. The minimum absolute atomic E-state index is 0.0660. The maximum atomic E-state index is 6.08. The van der Waals surface area contributed by atoms with Crippen molar-refractivity contribution >= 4 is 0 Å². The molecule has 0 bridgehead atoms. The zero-order valence-electron chi connectivity index (χ0n) is 16.7. The average molecular weight is 347 g/mol. The fourth-order valence-corrected chi connectivity index (χ4v) is 3.04. The number of rotatable bonds is 11. The van der Waals surface area contributed by atoms with Gasteiger partial charge in [0.1, 0.15) is 0 Å². The van der Waals surface area contributed by atoms with Crippen LogP contribution in [0.2, 0.25) is 0 Å². The molecule has 2 nitrogen and oxygen atoms in total. The monoisotopic (exact) mass is 346 g/mol. The first-order valence-electron chi connectivity index (χ1n) is 9.88. The summed E-state index contributed by atoms with van der Waals surface area (Å²) in [6, 6.07) is 0. The first-order chi connectivity index (χ1) is 12.1. The molecule has 142 valence electrons. The van der Waals surface area contributed by atoms with Crippen LogP contribution >= 0.6 is 0 Å². The highest BCUT2D eigenvalue weighted by Gasteiger charge is 2.37. The lowest BCUT2D eigenvalue weighted by Gasteiger charge is -2.41. The van der Waals surface area contributed by atoms with Crippen LogP contribution in [0.1, 0.15) is 72.1 Å². The van der Waals surface area contributed by atoms with Crippen molar-refractivity contribution in [1.29, 1.82) is 0 Å². The van der Waals surface area contributed by atoms with Crippen LogP contribution < -0.4 is 0 Å². The second kappa shape index (κ2) is 13.1. The SMILES string of the molecule is CC/C=C\C/C=C\C/C=C\C/C=C\CCC1CCC(C)(C)C(OC)O1. The summed E-state index contributed by atoms with van der Waals surface area (Å²) in [6.45, 7) is 6.61. The highest BCUT2D eigenvalue weighted by Crippen LogP contribution is 2.37. The van der Waals surface area contributed by atoms with E-state index in [1.54, 1.807) is 7.11 Å². The summed E-state index contributed by atoms with van der Waals surface area (Å²) in [5, 5.41) is 0. The third-order valence-electron chi connectivity index (χ3n) is 4.65. The summed E-state index contributed by atoms with van der Waals surface area (Å²) in [5.41, 5.74) is 0.132. The lowest BCUT2D eigenvalue weighted by Crippen LogP contribution is -2.42. The minimum Gasteiger partial charge on any atom is -0.355 e. The normalized spacial score (nSPS) is 24.3. The van der Waals surface area contributed by atoms with Crippen molar-refractivity contribution in [2.24, 2.45) is 5.41 Å². The van der Waals surface area contributed by atoms with Crippen LogP contribution in [0.5, 0.6) is 0 Å². The maximum Gasteiger partial charge on any atom is 0.162 e. The Morgan fingerprint density at radius 3 is 2.04 bits per heavy atom. The molecule has 2 atom stereocenters. The van der Waals surface area contributed by atoms with E-state index in [0.717, 1.165) is 44.9 Å². The van der Waals surface area contributed by atoms with E-state index in [4.69, 9.17) is 9.47 Å². The zero-order valence-corrected chi connectivity index (χ0v) is 16.7. The Morgan fingerprint density at radius 2 is 1.48 bits per heavy atom. The van der Waals surface area contributed by atoms with Gasteiger partial charge in [-0.3, -0.25) is 0 Å². The van der Waals surface area contributed by atoms with Gasteiger partial charge < -0.3 is 9.47 Å². The third kappa shape index (κ3) is 9.81. The molecule has 0 aromatic carbocycles. The van der Waals surface area contributed by atoms with Crippen LogP contribution in [0.15, 0.2) is 48.6 Å². The molecule has 1 saturated heterocycles. The van der Waals surface area contributed by atoms with E-state index in [9.17, 15) is 0 Å². The van der Waals surface area contributed by atoms with Crippen molar-refractivity contribution in [3.63, 3.8) is 0 Å². The molecule has 0 N–H and O–H groups in total. The smallest absolute Gasteiger partial charge is 0.162 e. The van der Waals surface area contributed by atoms with E-state index in [1.807, 2.05) is 0 Å². The molecule has 0 radical (unpaired) electrons. The number of hydrogen-bond donors (Lipinski definition) is 0. The van der Waals surface area contributed by atoms with Crippen molar-refractivity contribution in [1.82, 2.24) is 0 Å². The Balaban J connectivity index is 2.08. The molecule has 0 aliphatic carbocycles. The van der Waals surface area contributed by atoms with Gasteiger partial charge in [0.05, 0.1) is 6.10 Å². The minimum atomic E-state index is -0.0660. The molecule has 0 aromatic rings. The van der Waals surface area contributed by atoms with Gasteiger partial charge in [0, 0.05) is 12.5 Å². The van der Waals surface area contributed by atoms with Gasteiger partial charge in [0.15, 0.2) is 6.29 Å². The number of allylic oxidation sites excluding steroid dienone is 8. The van der Waals surface area contributed by atoms with Gasteiger partial charge in [-0.25, -0.2) is 0 Å². The number of methoxy groups -OCH3 is 1. The Morgan fingerprint density at radius 1 is 0.920 bits per heavy atom. The largest absolute Gasteiger partial charge is 0.355 e. The molecule has 0 spiro atoms. The van der Waals surface area contributed by atoms with Crippen molar-refractivity contribution < 1.29 is 9.47 Å². The van der Waals surface area contributed by atoms with E-state index >= 15 is 0 Å². The van der Waals surface area contributed by atoms with Gasteiger partial charge in [0.2, 0.25) is 0 Å². The van der Waals surface area contributed by atoms with Gasteiger partial charge >= 0.3 is 0 Å². The van der Waals surface area contributed by atoms with Gasteiger partial charge in [0.25, 0.3) is 0 Å². The van der Waals surface area contributed by atoms with Crippen molar-refractivity contribution in [3.05, 3.63) is 48.6 Å². The fourth-order valence-electron chi connectivity index (χ4n) is 3.04. The second-order valence-corrected chi connectivity index (χ2v) is 7.43. The van der Waals surface area contributed by atoms with Gasteiger partial charge in [-0.05, 0) is 51.4 Å². The van der Waals surface area contributed by atoms with E-state index in [2.05, 4.69) is 69.4 Å². The van der Waals surface area contributed by atoms with E-state index < -0.39 is 0 Å². The molecule has 1 fully saturated rings. The summed E-state index contributed by atoms with van der Waals surface area (Å²) in [7, 11) is 1.75. The highest BCUT2D eigenvalue weighted by atomic mass is 16.7. The Kier molecular flexibility index (Phi) is 11.5. The molecule has 1 aliphatic heterocycles. The summed E-state index contributed by atoms with van der Waals surface area (Å²) < 4.78 is 11.6. The van der Waals surface area contributed by atoms with Crippen LogP contribution in [0, 0.1) is 5.41 Å². The molecule has 0 amide bonds. The zero-order chi connectivity index (χ0) is 18.4. The van der Waals surface area contributed by atoms with Crippen LogP contribution in [0.25, 0.3) is 0 Å². The molecule has 1 aliphatic rings. The van der Waals surface area contributed by atoms with Crippen molar-refractivity contribution in [3.8, 4) is 0 Å². The molecule has 1 heterocycles. The van der Waals surface area contributed by atoms with E-state index in [1.165, 1.54) is 6.42 Å². The fraction of sp³-hybridized carbons (Fsp3) is 0.652. The van der Waals surface area contributed by atoms with Gasteiger partial charge in [-0.1, -0.05) is 69.4 Å². The Labute approximate surface area is 155 Å². The van der Waals surface area contributed by atoms with Crippen LogP contribution in [0.4, 0.5) is 0 Å².